The van der Waals surface area contributed by atoms with Gasteiger partial charge in [-0.2, -0.15) is 4.31 Å². The first-order valence-electron chi connectivity index (χ1n) is 7.69. The molecule has 1 fully saturated rings. The lowest BCUT2D eigenvalue weighted by atomic mass is 9.97. The lowest BCUT2D eigenvalue weighted by molar-refractivity contribution is -0.126. The number of piperidine rings is 1. The van der Waals surface area contributed by atoms with Crippen molar-refractivity contribution in [1.29, 1.82) is 0 Å². The molecule has 0 saturated carbocycles. The predicted octanol–water partition coefficient (Wildman–Crippen LogP) is 1.11. The Morgan fingerprint density at radius 2 is 1.92 bits per heavy atom. The molecule has 1 aromatic rings. The Morgan fingerprint density at radius 1 is 1.29 bits per heavy atom. The first-order valence-corrected chi connectivity index (χ1v) is 9.13. The minimum absolute atomic E-state index is 0. The van der Waals surface area contributed by atoms with E-state index in [0.717, 1.165) is 6.07 Å². The molecule has 0 radical (unpaired) electrons. The van der Waals surface area contributed by atoms with E-state index in [1.807, 2.05) is 0 Å². The van der Waals surface area contributed by atoms with Crippen molar-refractivity contribution in [3.8, 4) is 0 Å². The van der Waals surface area contributed by atoms with Crippen molar-refractivity contribution >= 4 is 28.3 Å². The van der Waals surface area contributed by atoms with Gasteiger partial charge in [-0.25, -0.2) is 12.8 Å². The van der Waals surface area contributed by atoms with Crippen LogP contribution in [0.15, 0.2) is 29.2 Å². The molecule has 9 heteroatoms. The fourth-order valence-corrected chi connectivity index (χ4v) is 4.14. The van der Waals surface area contributed by atoms with Gasteiger partial charge in [0.2, 0.25) is 15.9 Å². The molecule has 1 saturated heterocycles. The van der Waals surface area contributed by atoms with E-state index >= 15 is 0 Å². The molecule has 24 heavy (non-hydrogen) atoms. The van der Waals surface area contributed by atoms with Crippen molar-refractivity contribution in [3.63, 3.8) is 0 Å². The van der Waals surface area contributed by atoms with Gasteiger partial charge in [0.25, 0.3) is 0 Å². The van der Waals surface area contributed by atoms with Gasteiger partial charge in [-0.05, 0) is 37.9 Å². The van der Waals surface area contributed by atoms with E-state index in [1.165, 1.54) is 22.5 Å². The monoisotopic (exact) mass is 379 g/mol. The van der Waals surface area contributed by atoms with E-state index in [0.29, 0.717) is 32.4 Å². The first-order chi connectivity index (χ1) is 11.0. The average molecular weight is 380 g/mol. The van der Waals surface area contributed by atoms with Crippen molar-refractivity contribution in [2.75, 3.05) is 26.2 Å². The summed E-state index contributed by atoms with van der Waals surface area (Å²) in [6.07, 6.45) is 1.58. The second kappa shape index (κ2) is 9.31. The highest BCUT2D eigenvalue weighted by atomic mass is 35.5. The molecule has 1 aromatic carbocycles. The third-order valence-corrected chi connectivity index (χ3v) is 5.89. The Hall–Kier alpha value is -1.22. The lowest BCUT2D eigenvalue weighted by Crippen LogP contribution is -2.43. The van der Waals surface area contributed by atoms with Crippen LogP contribution in [0.25, 0.3) is 0 Å². The number of nitrogens with two attached hydrogens (primary N) is 1. The molecule has 0 aromatic heterocycles. The molecule has 2 rings (SSSR count). The number of amides is 1. The fourth-order valence-electron chi connectivity index (χ4n) is 2.61. The van der Waals surface area contributed by atoms with Gasteiger partial charge in [-0.1, -0.05) is 12.1 Å². The van der Waals surface area contributed by atoms with Crippen molar-refractivity contribution < 1.29 is 17.6 Å². The third kappa shape index (κ3) is 4.89. The molecule has 0 atom stereocenters. The standard InChI is InChI=1S/C15H22FN3O3S.ClH/c16-13-4-1-2-5-14(13)23(21,22)19-10-6-12(7-11-19)15(20)18-9-3-8-17;/h1-2,4-5,12H,3,6-11,17H2,(H,18,20);1H. The average Bonchev–Trinajstić information content (AvgIpc) is 2.55. The Labute approximate surface area is 148 Å². The Morgan fingerprint density at radius 3 is 2.50 bits per heavy atom. The van der Waals surface area contributed by atoms with Gasteiger partial charge >= 0.3 is 0 Å². The molecule has 1 aliphatic rings. The van der Waals surface area contributed by atoms with Crippen molar-refractivity contribution in [1.82, 2.24) is 9.62 Å². The van der Waals surface area contributed by atoms with Crippen LogP contribution < -0.4 is 11.1 Å². The van der Waals surface area contributed by atoms with Crippen LogP contribution in [0.5, 0.6) is 0 Å². The van der Waals surface area contributed by atoms with E-state index in [2.05, 4.69) is 5.32 Å². The van der Waals surface area contributed by atoms with Crippen LogP contribution in [0.4, 0.5) is 4.39 Å². The van der Waals surface area contributed by atoms with Crippen LogP contribution in [0.2, 0.25) is 0 Å². The van der Waals surface area contributed by atoms with Crippen molar-refractivity contribution in [3.05, 3.63) is 30.1 Å². The summed E-state index contributed by atoms with van der Waals surface area (Å²) in [7, 11) is -3.85. The molecule has 0 spiro atoms. The fraction of sp³-hybridized carbons (Fsp3) is 0.533. The zero-order chi connectivity index (χ0) is 16.9. The summed E-state index contributed by atoms with van der Waals surface area (Å²) < 4.78 is 39.9. The van der Waals surface area contributed by atoms with E-state index in [-0.39, 0.29) is 42.2 Å². The number of rotatable bonds is 6. The summed E-state index contributed by atoms with van der Waals surface area (Å²) in [5.41, 5.74) is 5.37. The highest BCUT2D eigenvalue weighted by Crippen LogP contribution is 2.25. The molecule has 3 N–H and O–H groups in total. The summed E-state index contributed by atoms with van der Waals surface area (Å²) in [6.45, 7) is 1.47. The predicted molar refractivity (Wildman–Crippen MR) is 91.8 cm³/mol. The molecular formula is C15H23ClFN3O3S. The normalized spacial score (nSPS) is 16.4. The number of sulfonamides is 1. The second-order valence-electron chi connectivity index (χ2n) is 5.54. The summed E-state index contributed by atoms with van der Waals surface area (Å²) >= 11 is 0. The van der Waals surface area contributed by atoms with Gasteiger partial charge in [0.05, 0.1) is 0 Å². The SMILES string of the molecule is Cl.NCCCNC(=O)C1CCN(S(=O)(=O)c2ccccc2F)CC1. The zero-order valence-electron chi connectivity index (χ0n) is 13.3. The zero-order valence-corrected chi connectivity index (χ0v) is 14.9. The number of nitrogens with zero attached hydrogens (tertiary/aromatic N) is 1. The van der Waals surface area contributed by atoms with Crippen molar-refractivity contribution in [2.24, 2.45) is 11.7 Å². The topological polar surface area (TPSA) is 92.5 Å². The maximum Gasteiger partial charge on any atom is 0.245 e. The van der Waals surface area contributed by atoms with Gasteiger partial charge in [0.1, 0.15) is 10.7 Å². The Kier molecular flexibility index (Phi) is 8.08. The Bertz CT molecular complexity index is 649. The largest absolute Gasteiger partial charge is 0.356 e. The summed E-state index contributed by atoms with van der Waals surface area (Å²) in [4.78, 5) is 11.7. The summed E-state index contributed by atoms with van der Waals surface area (Å²) in [5, 5.41) is 2.80. The van der Waals surface area contributed by atoms with Crippen LogP contribution >= 0.6 is 12.4 Å². The number of carbonyl (C=O) groups is 1. The highest BCUT2D eigenvalue weighted by Gasteiger charge is 2.33. The van der Waals surface area contributed by atoms with E-state index in [4.69, 9.17) is 5.73 Å². The molecule has 0 aliphatic carbocycles. The molecule has 1 amide bonds. The van der Waals surface area contributed by atoms with Gasteiger partial charge in [0.15, 0.2) is 0 Å². The molecule has 0 bridgehead atoms. The molecular weight excluding hydrogens is 357 g/mol. The van der Waals surface area contributed by atoms with E-state index < -0.39 is 15.8 Å². The van der Waals surface area contributed by atoms with Crippen LogP contribution in [-0.2, 0) is 14.8 Å². The van der Waals surface area contributed by atoms with E-state index in [9.17, 15) is 17.6 Å². The number of nitrogens with one attached hydrogen (secondary N) is 1. The Balaban J connectivity index is 0.00000288. The molecule has 136 valence electrons. The van der Waals surface area contributed by atoms with Gasteiger partial charge < -0.3 is 11.1 Å². The number of halogens is 2. The number of hydrogen-bond donors (Lipinski definition) is 2. The number of hydrogen-bond acceptors (Lipinski definition) is 4. The third-order valence-electron chi connectivity index (χ3n) is 3.96. The molecule has 0 unspecified atom stereocenters. The highest BCUT2D eigenvalue weighted by molar-refractivity contribution is 7.89. The van der Waals surface area contributed by atoms with Crippen LogP contribution in [0.3, 0.4) is 0 Å². The maximum absolute atomic E-state index is 13.7. The van der Waals surface area contributed by atoms with Crippen LogP contribution in [0.1, 0.15) is 19.3 Å². The lowest BCUT2D eigenvalue weighted by Gasteiger charge is -2.30. The smallest absolute Gasteiger partial charge is 0.245 e. The first kappa shape index (κ1) is 20.8. The number of carbonyl (C=O) groups excluding carboxylic acids is 1. The number of benzene rings is 1. The van der Waals surface area contributed by atoms with Crippen LogP contribution in [0, 0.1) is 11.7 Å². The minimum atomic E-state index is -3.85. The minimum Gasteiger partial charge on any atom is -0.356 e. The molecule has 1 aliphatic heterocycles. The van der Waals surface area contributed by atoms with Gasteiger partial charge in [-0.3, -0.25) is 4.79 Å². The van der Waals surface area contributed by atoms with Crippen LogP contribution in [-0.4, -0.2) is 44.8 Å². The van der Waals surface area contributed by atoms with E-state index in [1.54, 1.807) is 0 Å². The maximum atomic E-state index is 13.7. The van der Waals surface area contributed by atoms with Gasteiger partial charge in [0, 0.05) is 25.6 Å². The second-order valence-corrected chi connectivity index (χ2v) is 7.45. The summed E-state index contributed by atoms with van der Waals surface area (Å²) in [6, 6.07) is 5.33. The van der Waals surface area contributed by atoms with Gasteiger partial charge in [-0.15, -0.1) is 12.4 Å². The quantitative estimate of drug-likeness (QED) is 0.724. The molecule has 6 nitrogen and oxygen atoms in total. The molecule has 1 heterocycles. The summed E-state index contributed by atoms with van der Waals surface area (Å²) in [5.74, 6) is -1.03. The van der Waals surface area contributed by atoms with Crippen molar-refractivity contribution in [2.45, 2.75) is 24.2 Å².